The summed E-state index contributed by atoms with van der Waals surface area (Å²) in [6.07, 6.45) is 1.46. The van der Waals surface area contributed by atoms with E-state index in [1.54, 1.807) is 38.1 Å². The molecule has 0 spiro atoms. The number of carbonyl (C=O) groups is 1. The van der Waals surface area contributed by atoms with E-state index >= 15 is 0 Å². The summed E-state index contributed by atoms with van der Waals surface area (Å²) in [5.41, 5.74) is 2.04. The van der Waals surface area contributed by atoms with Crippen LogP contribution in [0.25, 0.3) is 0 Å². The van der Waals surface area contributed by atoms with Crippen LogP contribution in [0.5, 0.6) is 11.5 Å². The Balaban J connectivity index is 1.53. The smallest absolute Gasteiger partial charge is 0.293 e. The summed E-state index contributed by atoms with van der Waals surface area (Å²) in [7, 11) is 3.28. The van der Waals surface area contributed by atoms with Crippen LogP contribution < -0.4 is 14.8 Å². The number of rotatable bonds is 8. The maximum atomic E-state index is 11.9. The lowest BCUT2D eigenvalue weighted by atomic mass is 10.2. The highest BCUT2D eigenvalue weighted by molar-refractivity contribution is 7.97. The Bertz CT molecular complexity index is 840. The number of methoxy groups -OCH3 is 2. The zero-order valence-corrected chi connectivity index (χ0v) is 16.0. The van der Waals surface area contributed by atoms with Gasteiger partial charge >= 0.3 is 0 Å². The van der Waals surface area contributed by atoms with Crippen LogP contribution in [0.2, 0.25) is 0 Å². The number of thioether (sulfide) groups is 1. The first kappa shape index (κ1) is 18.3. The second kappa shape index (κ2) is 8.77. The van der Waals surface area contributed by atoms with Crippen LogP contribution in [0, 0.1) is 0 Å². The van der Waals surface area contributed by atoms with Gasteiger partial charge in [-0.15, -0.1) is 11.3 Å². The number of thiazole rings is 1. The zero-order valence-electron chi connectivity index (χ0n) is 14.4. The van der Waals surface area contributed by atoms with Crippen molar-refractivity contribution in [3.8, 4) is 11.5 Å². The lowest BCUT2D eigenvalue weighted by molar-refractivity contribution is 0.0996. The van der Waals surface area contributed by atoms with Crippen molar-refractivity contribution in [3.63, 3.8) is 0 Å². The Kier molecular flexibility index (Phi) is 6.19. The van der Waals surface area contributed by atoms with Crippen molar-refractivity contribution in [2.45, 2.75) is 11.5 Å². The highest BCUT2D eigenvalue weighted by Gasteiger charge is 2.11. The monoisotopic (exact) mass is 390 g/mol. The summed E-state index contributed by atoms with van der Waals surface area (Å²) in [4.78, 5) is 16.4. The second-order valence-electron chi connectivity index (χ2n) is 5.29. The van der Waals surface area contributed by atoms with Crippen molar-refractivity contribution in [2.75, 3.05) is 19.5 Å². The minimum Gasteiger partial charge on any atom is -0.497 e. The van der Waals surface area contributed by atoms with Crippen molar-refractivity contribution in [1.82, 2.24) is 4.98 Å². The standard InChI is InChI=1S/C18H18N2O4S2/c1-22-14-6-12(7-15(8-14)23-2)9-25-10-13-11-26-18(19-13)20-17(21)16-4-3-5-24-16/h3-8,11H,9-10H2,1-2H3,(H,19,20,21). The number of ether oxygens (including phenoxy) is 2. The molecule has 136 valence electrons. The third kappa shape index (κ3) is 4.80. The molecule has 0 aliphatic heterocycles. The van der Waals surface area contributed by atoms with Crippen molar-refractivity contribution < 1.29 is 18.7 Å². The molecule has 0 saturated heterocycles. The first-order valence-corrected chi connectivity index (χ1v) is 9.80. The molecule has 0 aliphatic rings. The lowest BCUT2D eigenvalue weighted by Crippen LogP contribution is -2.10. The molecule has 26 heavy (non-hydrogen) atoms. The molecule has 1 N–H and O–H groups in total. The van der Waals surface area contributed by atoms with Crippen molar-refractivity contribution >= 4 is 34.1 Å². The molecule has 0 unspecified atom stereocenters. The van der Waals surface area contributed by atoms with E-state index in [2.05, 4.69) is 10.3 Å². The van der Waals surface area contributed by atoms with E-state index in [1.807, 2.05) is 23.6 Å². The third-order valence-electron chi connectivity index (χ3n) is 3.45. The van der Waals surface area contributed by atoms with Crippen LogP contribution >= 0.6 is 23.1 Å². The molecule has 2 heterocycles. The van der Waals surface area contributed by atoms with E-state index < -0.39 is 0 Å². The van der Waals surface area contributed by atoms with Gasteiger partial charge < -0.3 is 13.9 Å². The first-order valence-electron chi connectivity index (χ1n) is 7.77. The van der Waals surface area contributed by atoms with Crippen LogP contribution in [-0.2, 0) is 11.5 Å². The number of benzene rings is 1. The molecular formula is C18H18N2O4S2. The normalized spacial score (nSPS) is 10.5. The van der Waals surface area contributed by atoms with Gasteiger partial charge in [0.05, 0.1) is 26.2 Å². The number of carbonyl (C=O) groups excluding carboxylic acids is 1. The number of furan rings is 1. The minimum absolute atomic E-state index is 0.267. The summed E-state index contributed by atoms with van der Waals surface area (Å²) in [5.74, 6) is 3.06. The van der Waals surface area contributed by atoms with Gasteiger partial charge in [0.15, 0.2) is 10.9 Å². The van der Waals surface area contributed by atoms with Gasteiger partial charge in [-0.05, 0) is 29.8 Å². The SMILES string of the molecule is COc1cc(CSCc2csc(NC(=O)c3ccco3)n2)cc(OC)c1. The molecule has 3 aromatic rings. The van der Waals surface area contributed by atoms with Gasteiger partial charge in [0.1, 0.15) is 11.5 Å². The Hall–Kier alpha value is -2.45. The fourth-order valence-electron chi connectivity index (χ4n) is 2.22. The van der Waals surface area contributed by atoms with Crippen LogP contribution in [0.1, 0.15) is 21.8 Å². The Morgan fingerprint density at radius 2 is 2.00 bits per heavy atom. The Morgan fingerprint density at radius 1 is 1.23 bits per heavy atom. The molecule has 6 nitrogen and oxygen atoms in total. The van der Waals surface area contributed by atoms with Crippen molar-refractivity contribution in [1.29, 1.82) is 0 Å². The first-order chi connectivity index (χ1) is 12.7. The number of anilines is 1. The van der Waals surface area contributed by atoms with E-state index in [-0.39, 0.29) is 11.7 Å². The van der Waals surface area contributed by atoms with Gasteiger partial charge in [-0.3, -0.25) is 10.1 Å². The van der Waals surface area contributed by atoms with Gasteiger partial charge in [-0.25, -0.2) is 4.98 Å². The van der Waals surface area contributed by atoms with E-state index in [1.165, 1.54) is 17.6 Å². The van der Waals surface area contributed by atoms with E-state index in [4.69, 9.17) is 13.9 Å². The number of hydrogen-bond acceptors (Lipinski definition) is 7. The maximum Gasteiger partial charge on any atom is 0.293 e. The summed E-state index contributed by atoms with van der Waals surface area (Å²) >= 11 is 3.13. The van der Waals surface area contributed by atoms with Crippen LogP contribution in [0.4, 0.5) is 5.13 Å². The highest BCUT2D eigenvalue weighted by atomic mass is 32.2. The minimum atomic E-state index is -0.299. The molecule has 0 radical (unpaired) electrons. The summed E-state index contributed by atoms with van der Waals surface area (Å²) in [6.45, 7) is 0. The average Bonchev–Trinajstić information content (AvgIpc) is 3.33. The molecule has 2 aromatic heterocycles. The fourth-order valence-corrected chi connectivity index (χ4v) is 3.89. The molecule has 0 atom stereocenters. The van der Waals surface area contributed by atoms with Gasteiger partial charge in [0.25, 0.3) is 5.91 Å². The molecule has 0 aliphatic carbocycles. The molecule has 0 fully saturated rings. The number of hydrogen-bond donors (Lipinski definition) is 1. The molecule has 1 aromatic carbocycles. The van der Waals surface area contributed by atoms with E-state index in [0.717, 1.165) is 34.3 Å². The molecular weight excluding hydrogens is 372 g/mol. The zero-order chi connectivity index (χ0) is 18.4. The second-order valence-corrected chi connectivity index (χ2v) is 7.13. The van der Waals surface area contributed by atoms with Crippen molar-refractivity contribution in [2.24, 2.45) is 0 Å². The van der Waals surface area contributed by atoms with Gasteiger partial charge in [0.2, 0.25) is 0 Å². The predicted molar refractivity (Wildman–Crippen MR) is 103 cm³/mol. The number of aromatic nitrogens is 1. The van der Waals surface area contributed by atoms with Crippen LogP contribution in [-0.4, -0.2) is 25.1 Å². The topological polar surface area (TPSA) is 73.6 Å². The number of nitrogens with zero attached hydrogens (tertiary/aromatic N) is 1. The molecule has 0 saturated carbocycles. The largest absolute Gasteiger partial charge is 0.497 e. The van der Waals surface area contributed by atoms with E-state index in [9.17, 15) is 4.79 Å². The van der Waals surface area contributed by atoms with Crippen LogP contribution in [0.15, 0.2) is 46.4 Å². The van der Waals surface area contributed by atoms with Gasteiger partial charge in [-0.2, -0.15) is 11.8 Å². The predicted octanol–water partition coefficient (Wildman–Crippen LogP) is 4.44. The van der Waals surface area contributed by atoms with Gasteiger partial charge in [-0.1, -0.05) is 0 Å². The third-order valence-corrected chi connectivity index (χ3v) is 5.29. The average molecular weight is 390 g/mol. The summed E-state index contributed by atoms with van der Waals surface area (Å²) in [6, 6.07) is 9.12. The van der Waals surface area contributed by atoms with Gasteiger partial charge in [0, 0.05) is 23.0 Å². The summed E-state index contributed by atoms with van der Waals surface area (Å²) in [5, 5.41) is 5.24. The molecule has 3 rings (SSSR count). The fraction of sp³-hybridized carbons (Fsp3) is 0.222. The number of nitrogens with one attached hydrogen (secondary N) is 1. The summed E-state index contributed by atoms with van der Waals surface area (Å²) < 4.78 is 15.6. The number of amides is 1. The van der Waals surface area contributed by atoms with Crippen LogP contribution in [0.3, 0.4) is 0 Å². The maximum absolute atomic E-state index is 11.9. The Morgan fingerprint density at radius 3 is 2.65 bits per heavy atom. The molecule has 0 bridgehead atoms. The Labute approximate surface area is 159 Å². The lowest BCUT2D eigenvalue weighted by Gasteiger charge is -2.08. The highest BCUT2D eigenvalue weighted by Crippen LogP contribution is 2.27. The molecule has 8 heteroatoms. The van der Waals surface area contributed by atoms with Crippen molar-refractivity contribution in [3.05, 3.63) is 59.0 Å². The quantitative estimate of drug-likeness (QED) is 0.613. The van der Waals surface area contributed by atoms with E-state index in [0.29, 0.717) is 5.13 Å². The molecule has 1 amide bonds.